The fourth-order valence-electron chi connectivity index (χ4n) is 10.2. The van der Waals surface area contributed by atoms with Crippen LogP contribution >= 0.6 is 11.6 Å². The van der Waals surface area contributed by atoms with Crippen LogP contribution in [0.25, 0.3) is 0 Å². The molecule has 55 heavy (non-hydrogen) atoms. The number of aliphatic hydroxyl groups is 1. The first kappa shape index (κ1) is 35.6. The number of hydrogen-bond acceptors (Lipinski definition) is 8. The van der Waals surface area contributed by atoms with Gasteiger partial charge in [-0.05, 0) is 91.3 Å². The van der Waals surface area contributed by atoms with E-state index in [2.05, 4.69) is 22.5 Å². The van der Waals surface area contributed by atoms with Crippen LogP contribution in [0.2, 0.25) is 5.02 Å². The Bertz CT molecular complexity index is 2180. The van der Waals surface area contributed by atoms with Crippen LogP contribution in [0.5, 0.6) is 0 Å². The lowest BCUT2D eigenvalue weighted by molar-refractivity contribution is -0.144. The van der Waals surface area contributed by atoms with Gasteiger partial charge in [-0.15, -0.1) is 0 Å². The number of aliphatic hydroxyl groups excluding tert-OH is 1. The molecule has 3 saturated heterocycles. The average Bonchev–Trinajstić information content (AvgIpc) is 3.84. The van der Waals surface area contributed by atoms with Crippen molar-refractivity contribution in [3.63, 3.8) is 0 Å². The van der Waals surface area contributed by atoms with Gasteiger partial charge in [0.1, 0.15) is 29.4 Å². The molecule has 6 unspecified atom stereocenters. The van der Waals surface area contributed by atoms with Crippen LogP contribution in [-0.4, -0.2) is 62.7 Å². The van der Waals surface area contributed by atoms with Crippen LogP contribution in [0.15, 0.2) is 107 Å². The number of furan rings is 1. The van der Waals surface area contributed by atoms with Crippen molar-refractivity contribution in [2.24, 2.45) is 23.7 Å². The summed E-state index contributed by atoms with van der Waals surface area (Å²) in [5, 5.41) is 11.5. The van der Waals surface area contributed by atoms with Gasteiger partial charge in [0.05, 0.1) is 29.4 Å². The molecule has 2 aliphatic carbocycles. The minimum absolute atomic E-state index is 0.133. The lowest BCUT2D eigenvalue weighted by Gasteiger charge is -2.49. The van der Waals surface area contributed by atoms with Crippen molar-refractivity contribution in [2.75, 3.05) is 18.5 Å². The molecular formula is C43H40ClFN4O6. The van der Waals surface area contributed by atoms with Gasteiger partial charge >= 0.3 is 0 Å². The number of hydrogen-bond donors (Lipinski definition) is 2. The standard InChI is InChI=1S/C43H40ClFN4O6/c44-27-8-6-26(7-9-27)43-35(40(52)49(42(43)54)46-29-12-10-28(45)11-13-29)22-34-32(38(43)36-17-14-31(24-50)55-36)15-16-33-37(34)41(53)48(39(33)51)30-18-20-47(21-19-30)23-25-4-2-1-3-5-25/h1-15,17,30,33-35,37-38,46,50H,16,18-24H2. The molecule has 0 spiro atoms. The molecule has 1 saturated carbocycles. The van der Waals surface area contributed by atoms with E-state index in [0.717, 1.165) is 30.2 Å². The predicted octanol–water partition coefficient (Wildman–Crippen LogP) is 6.21. The van der Waals surface area contributed by atoms with Gasteiger partial charge in [-0.25, -0.2) is 4.39 Å². The molecule has 4 aromatic rings. The number of carbonyl (C=O) groups is 4. The van der Waals surface area contributed by atoms with E-state index < -0.39 is 52.6 Å². The number of nitrogens with one attached hydrogen (secondary N) is 1. The van der Waals surface area contributed by atoms with Gasteiger partial charge in [-0.3, -0.25) is 34.4 Å². The largest absolute Gasteiger partial charge is 0.463 e. The number of nitrogens with zero attached hydrogens (tertiary/aromatic N) is 3. The smallest absolute Gasteiger partial charge is 0.260 e. The zero-order valence-corrected chi connectivity index (χ0v) is 30.7. The van der Waals surface area contributed by atoms with Gasteiger partial charge in [0.2, 0.25) is 11.8 Å². The molecule has 9 rings (SSSR count). The molecule has 3 aromatic carbocycles. The first-order chi connectivity index (χ1) is 26.7. The van der Waals surface area contributed by atoms with Crippen LogP contribution in [0, 0.1) is 29.5 Å². The number of allylic oxidation sites excluding steroid dienone is 2. The van der Waals surface area contributed by atoms with Crippen molar-refractivity contribution in [3.8, 4) is 0 Å². The lowest BCUT2D eigenvalue weighted by atomic mass is 9.50. The summed E-state index contributed by atoms with van der Waals surface area (Å²) in [6.07, 6.45) is 3.76. The van der Waals surface area contributed by atoms with E-state index in [1.807, 2.05) is 24.3 Å². The molecule has 0 bridgehead atoms. The Balaban J connectivity index is 1.10. The maximum absolute atomic E-state index is 15.2. The number of imide groups is 2. The molecule has 4 amide bonds. The van der Waals surface area contributed by atoms with E-state index in [1.54, 1.807) is 36.4 Å². The van der Waals surface area contributed by atoms with Crippen molar-refractivity contribution >= 4 is 40.9 Å². The SMILES string of the molecule is O=C1C2CC3C(=CCC4C(=O)N(C5CCN(Cc6ccccc6)CC5)C(=O)C43)C(c3ccc(CO)o3)C2(c2ccc(Cl)cc2)C(=O)N1Nc1ccc(F)cc1. The van der Waals surface area contributed by atoms with E-state index >= 15 is 4.79 Å². The topological polar surface area (TPSA) is 123 Å². The summed E-state index contributed by atoms with van der Waals surface area (Å²) >= 11 is 6.36. The third-order valence-corrected chi connectivity index (χ3v) is 12.8. The highest BCUT2D eigenvalue weighted by Gasteiger charge is 2.71. The molecule has 3 aliphatic heterocycles. The quantitative estimate of drug-likeness (QED) is 0.161. The van der Waals surface area contributed by atoms with Crippen LogP contribution in [0.1, 0.15) is 54.2 Å². The van der Waals surface area contributed by atoms with Crippen molar-refractivity contribution in [3.05, 3.63) is 136 Å². The lowest BCUT2D eigenvalue weighted by Crippen LogP contribution is -2.53. The van der Waals surface area contributed by atoms with Crippen molar-refractivity contribution < 1.29 is 33.1 Å². The summed E-state index contributed by atoms with van der Waals surface area (Å²) in [7, 11) is 0. The molecule has 282 valence electrons. The van der Waals surface area contributed by atoms with Gasteiger partial charge in [0.25, 0.3) is 11.8 Å². The van der Waals surface area contributed by atoms with Gasteiger partial charge in [0.15, 0.2) is 0 Å². The first-order valence-electron chi connectivity index (χ1n) is 18.9. The van der Waals surface area contributed by atoms with Gasteiger partial charge < -0.3 is 9.52 Å². The van der Waals surface area contributed by atoms with Gasteiger partial charge in [-0.2, -0.15) is 5.01 Å². The zero-order valence-electron chi connectivity index (χ0n) is 29.9. The second-order valence-corrected chi connectivity index (χ2v) is 15.8. The summed E-state index contributed by atoms with van der Waals surface area (Å²) in [5.74, 6) is -4.97. The van der Waals surface area contributed by atoms with Crippen LogP contribution in [0.4, 0.5) is 10.1 Å². The predicted molar refractivity (Wildman–Crippen MR) is 200 cm³/mol. The maximum Gasteiger partial charge on any atom is 0.260 e. The molecule has 4 heterocycles. The Morgan fingerprint density at radius 2 is 1.58 bits per heavy atom. The second kappa shape index (κ2) is 13.9. The third kappa shape index (κ3) is 5.74. The van der Waals surface area contributed by atoms with E-state index in [-0.39, 0.29) is 36.6 Å². The van der Waals surface area contributed by atoms with Crippen LogP contribution in [-0.2, 0) is 37.7 Å². The van der Waals surface area contributed by atoms with E-state index in [9.17, 15) is 23.9 Å². The average molecular weight is 763 g/mol. The molecular weight excluding hydrogens is 723 g/mol. The fraction of sp³-hybridized carbons (Fsp3) is 0.349. The summed E-state index contributed by atoms with van der Waals surface area (Å²) in [5.41, 5.74) is 4.25. The summed E-state index contributed by atoms with van der Waals surface area (Å²) < 4.78 is 20.1. The van der Waals surface area contributed by atoms with Gasteiger partial charge in [-0.1, -0.05) is 65.7 Å². The number of fused-ring (bicyclic) bond motifs is 4. The molecule has 4 fully saturated rings. The van der Waals surface area contributed by atoms with Crippen LogP contribution < -0.4 is 5.43 Å². The number of halogens is 2. The highest BCUT2D eigenvalue weighted by Crippen LogP contribution is 2.64. The normalized spacial score (nSPS) is 28.3. The first-order valence-corrected chi connectivity index (χ1v) is 19.3. The minimum Gasteiger partial charge on any atom is -0.463 e. The summed E-state index contributed by atoms with van der Waals surface area (Å²) in [4.78, 5) is 62.8. The number of carbonyl (C=O) groups excluding carboxylic acids is 4. The molecule has 2 N–H and O–H groups in total. The van der Waals surface area contributed by atoms with Crippen molar-refractivity contribution in [1.82, 2.24) is 14.8 Å². The molecule has 6 atom stereocenters. The van der Waals surface area contributed by atoms with E-state index in [4.69, 9.17) is 16.0 Å². The van der Waals surface area contributed by atoms with Gasteiger partial charge in [0, 0.05) is 30.7 Å². The molecule has 0 radical (unpaired) electrons. The highest BCUT2D eigenvalue weighted by atomic mass is 35.5. The molecule has 10 nitrogen and oxygen atoms in total. The monoisotopic (exact) mass is 762 g/mol. The number of rotatable bonds is 8. The zero-order chi connectivity index (χ0) is 38.0. The number of piperidine rings is 1. The Kier molecular flexibility index (Phi) is 8.98. The minimum atomic E-state index is -1.55. The number of likely N-dealkylation sites (tertiary alicyclic amines) is 2. The number of anilines is 1. The number of hydrazine groups is 1. The second-order valence-electron chi connectivity index (χ2n) is 15.4. The van der Waals surface area contributed by atoms with E-state index in [1.165, 1.54) is 34.7 Å². The summed E-state index contributed by atoms with van der Waals surface area (Å²) in [6.45, 7) is 1.94. The Hall–Kier alpha value is -5.10. The van der Waals surface area contributed by atoms with Crippen molar-refractivity contribution in [1.29, 1.82) is 0 Å². The summed E-state index contributed by atoms with van der Waals surface area (Å²) in [6, 6.07) is 25.6. The van der Waals surface area contributed by atoms with Crippen molar-refractivity contribution in [2.45, 2.75) is 56.2 Å². The maximum atomic E-state index is 15.2. The molecule has 1 aromatic heterocycles. The van der Waals surface area contributed by atoms with E-state index in [0.29, 0.717) is 41.3 Å². The highest BCUT2D eigenvalue weighted by molar-refractivity contribution is 6.30. The fourth-order valence-corrected chi connectivity index (χ4v) is 10.3. The Morgan fingerprint density at radius 1 is 0.855 bits per heavy atom. The van der Waals surface area contributed by atoms with Crippen LogP contribution in [0.3, 0.4) is 0 Å². The Labute approximate surface area is 322 Å². The number of amides is 4. The Morgan fingerprint density at radius 3 is 2.27 bits per heavy atom. The third-order valence-electron chi connectivity index (χ3n) is 12.6. The molecule has 12 heteroatoms. The molecule has 5 aliphatic rings. The number of benzene rings is 3.